The lowest BCUT2D eigenvalue weighted by Gasteiger charge is -2.25. The van der Waals surface area contributed by atoms with Gasteiger partial charge in [-0.15, -0.1) is 0 Å². The molecule has 0 fully saturated rings. The second-order valence-corrected chi connectivity index (χ2v) is 4.91. The molecule has 0 saturated heterocycles. The van der Waals surface area contributed by atoms with Crippen molar-refractivity contribution >= 4 is 28.8 Å². The number of hydrogen-bond donors (Lipinski definition) is 0. The largest absolute Gasteiger partial charge is 0.300 e. The summed E-state index contributed by atoms with van der Waals surface area (Å²) in [6, 6.07) is 6.55. The Morgan fingerprint density at radius 2 is 1.72 bits per heavy atom. The maximum atomic E-state index is 12.1. The Kier molecular flexibility index (Phi) is 3.38. The monoisotopic (exact) mass is 264 g/mol. The first-order chi connectivity index (χ1) is 8.57. The zero-order chi connectivity index (χ0) is 13.3. The van der Waals surface area contributed by atoms with Gasteiger partial charge in [0.25, 0.3) is 17.1 Å². The lowest BCUT2D eigenvalue weighted by atomic mass is 10.1. The van der Waals surface area contributed by atoms with Gasteiger partial charge in [0.2, 0.25) is 0 Å². The lowest BCUT2D eigenvalue weighted by molar-refractivity contribution is 0.0306. The van der Waals surface area contributed by atoms with Gasteiger partial charge in [-0.2, -0.15) is 5.01 Å². The highest BCUT2D eigenvalue weighted by Crippen LogP contribution is 2.24. The van der Waals surface area contributed by atoms with Crippen molar-refractivity contribution in [3.05, 3.63) is 35.4 Å². The Bertz CT molecular complexity index is 495. The van der Waals surface area contributed by atoms with E-state index in [0.717, 1.165) is 21.8 Å². The maximum Gasteiger partial charge on any atom is 0.300 e. The highest BCUT2D eigenvalue weighted by Gasteiger charge is 2.39. The Hall–Kier alpha value is -1.82. The van der Waals surface area contributed by atoms with Crippen LogP contribution in [0.2, 0.25) is 0 Å². The molecule has 0 atom stereocenters. The molecule has 1 aliphatic rings. The number of hydrogen-bond acceptors (Lipinski definition) is 4. The molecule has 0 saturated carbocycles. The topological polar surface area (TPSA) is 57.7 Å². The van der Waals surface area contributed by atoms with E-state index in [2.05, 4.69) is 0 Å². The number of carbonyl (C=O) groups is 3. The number of hydrazine groups is 1. The van der Waals surface area contributed by atoms with Crippen LogP contribution in [0.25, 0.3) is 0 Å². The van der Waals surface area contributed by atoms with E-state index in [-0.39, 0.29) is 5.24 Å². The molecule has 18 heavy (non-hydrogen) atoms. The predicted octanol–water partition coefficient (Wildman–Crippen LogP) is 2.00. The molecule has 0 N–H and O–H groups in total. The fraction of sp³-hybridized carbons (Fsp3) is 0.250. The Morgan fingerprint density at radius 3 is 2.17 bits per heavy atom. The zero-order valence-corrected chi connectivity index (χ0v) is 10.9. The SMILES string of the molecule is CCSC(=O)N(C)N1C(=O)c2ccccc2C1=O. The van der Waals surface area contributed by atoms with Gasteiger partial charge < -0.3 is 0 Å². The predicted molar refractivity (Wildman–Crippen MR) is 68.2 cm³/mol. The molecule has 94 valence electrons. The van der Waals surface area contributed by atoms with Crippen molar-refractivity contribution in [3.8, 4) is 0 Å². The molecule has 0 spiro atoms. The molecule has 5 nitrogen and oxygen atoms in total. The van der Waals surface area contributed by atoms with Crippen LogP contribution in [0.3, 0.4) is 0 Å². The van der Waals surface area contributed by atoms with E-state index in [4.69, 9.17) is 0 Å². The van der Waals surface area contributed by atoms with E-state index in [9.17, 15) is 14.4 Å². The Labute approximate surface area is 109 Å². The molecule has 0 aromatic heterocycles. The minimum absolute atomic E-state index is 0.327. The van der Waals surface area contributed by atoms with Crippen LogP contribution in [0.1, 0.15) is 27.6 Å². The van der Waals surface area contributed by atoms with Crippen LogP contribution >= 0.6 is 11.8 Å². The average molecular weight is 264 g/mol. The minimum atomic E-state index is -0.455. The third-order valence-corrected chi connectivity index (χ3v) is 3.40. The van der Waals surface area contributed by atoms with Crippen LogP contribution in [-0.4, -0.2) is 39.9 Å². The van der Waals surface area contributed by atoms with Crippen LogP contribution in [0.5, 0.6) is 0 Å². The quantitative estimate of drug-likeness (QED) is 0.767. The summed E-state index contributed by atoms with van der Waals surface area (Å²) in [5.41, 5.74) is 0.673. The summed E-state index contributed by atoms with van der Waals surface area (Å²) >= 11 is 1.05. The number of nitrogens with zero attached hydrogens (tertiary/aromatic N) is 2. The molecule has 1 heterocycles. The molecular weight excluding hydrogens is 252 g/mol. The number of fused-ring (bicyclic) bond motifs is 1. The first-order valence-electron chi connectivity index (χ1n) is 5.46. The first kappa shape index (κ1) is 12.6. The minimum Gasteiger partial charge on any atom is -0.267 e. The molecule has 0 bridgehead atoms. The van der Waals surface area contributed by atoms with Crippen molar-refractivity contribution in [2.75, 3.05) is 12.8 Å². The van der Waals surface area contributed by atoms with E-state index >= 15 is 0 Å². The number of carbonyl (C=O) groups excluding carboxylic acids is 3. The van der Waals surface area contributed by atoms with Crippen LogP contribution < -0.4 is 0 Å². The summed E-state index contributed by atoms with van der Waals surface area (Å²) in [5, 5.41) is 1.63. The summed E-state index contributed by atoms with van der Waals surface area (Å²) in [7, 11) is 1.42. The lowest BCUT2D eigenvalue weighted by Crippen LogP contribution is -2.45. The summed E-state index contributed by atoms with van der Waals surface area (Å²) < 4.78 is 0. The third kappa shape index (κ3) is 1.88. The maximum absolute atomic E-state index is 12.1. The molecular formula is C12H12N2O3S. The second-order valence-electron chi connectivity index (χ2n) is 3.69. The van der Waals surface area contributed by atoms with Crippen molar-refractivity contribution in [1.82, 2.24) is 10.0 Å². The van der Waals surface area contributed by atoms with Gasteiger partial charge in [-0.25, -0.2) is 5.01 Å². The van der Waals surface area contributed by atoms with Crippen molar-refractivity contribution < 1.29 is 14.4 Å². The van der Waals surface area contributed by atoms with Crippen molar-refractivity contribution in [2.45, 2.75) is 6.92 Å². The van der Waals surface area contributed by atoms with Gasteiger partial charge in [0.15, 0.2) is 0 Å². The molecule has 0 aliphatic carbocycles. The smallest absolute Gasteiger partial charge is 0.267 e. The highest BCUT2D eigenvalue weighted by atomic mass is 32.2. The zero-order valence-electron chi connectivity index (χ0n) is 10.0. The molecule has 2 rings (SSSR count). The first-order valence-corrected chi connectivity index (χ1v) is 6.44. The van der Waals surface area contributed by atoms with Gasteiger partial charge in [0.05, 0.1) is 11.1 Å². The van der Waals surface area contributed by atoms with Gasteiger partial charge >= 0.3 is 0 Å². The van der Waals surface area contributed by atoms with Crippen molar-refractivity contribution in [1.29, 1.82) is 0 Å². The van der Waals surface area contributed by atoms with E-state index in [1.165, 1.54) is 7.05 Å². The Balaban J connectivity index is 2.31. The molecule has 1 aliphatic heterocycles. The number of amides is 3. The molecule has 3 amide bonds. The summed E-state index contributed by atoms with van der Waals surface area (Å²) in [5.74, 6) is -0.321. The number of imide groups is 1. The number of rotatable bonds is 2. The van der Waals surface area contributed by atoms with E-state index in [1.807, 2.05) is 6.92 Å². The summed E-state index contributed by atoms with van der Waals surface area (Å²) in [6.07, 6.45) is 0. The number of thioether (sulfide) groups is 1. The fourth-order valence-electron chi connectivity index (χ4n) is 1.75. The molecule has 0 unspecified atom stereocenters. The van der Waals surface area contributed by atoms with Crippen LogP contribution in [0, 0.1) is 0 Å². The standard InChI is InChI=1S/C12H12N2O3S/c1-3-18-12(17)13(2)14-10(15)8-6-4-5-7-9(8)11(14)16/h4-7H,3H2,1-2H3. The Morgan fingerprint density at radius 1 is 1.22 bits per heavy atom. The van der Waals surface area contributed by atoms with Gasteiger partial charge in [-0.3, -0.25) is 14.4 Å². The molecule has 0 radical (unpaired) electrons. The van der Waals surface area contributed by atoms with Crippen LogP contribution in [-0.2, 0) is 0 Å². The average Bonchev–Trinajstić information content (AvgIpc) is 2.62. The van der Waals surface area contributed by atoms with E-state index in [1.54, 1.807) is 24.3 Å². The van der Waals surface area contributed by atoms with Gasteiger partial charge in [-0.05, 0) is 17.9 Å². The normalized spacial score (nSPS) is 13.8. The molecule has 1 aromatic rings. The van der Waals surface area contributed by atoms with Gasteiger partial charge in [0.1, 0.15) is 0 Å². The van der Waals surface area contributed by atoms with E-state index in [0.29, 0.717) is 16.9 Å². The van der Waals surface area contributed by atoms with Crippen LogP contribution in [0.15, 0.2) is 24.3 Å². The van der Waals surface area contributed by atoms with Crippen molar-refractivity contribution in [2.24, 2.45) is 0 Å². The second kappa shape index (κ2) is 4.81. The van der Waals surface area contributed by atoms with Gasteiger partial charge in [-0.1, -0.05) is 30.8 Å². The fourth-order valence-corrected chi connectivity index (χ4v) is 2.26. The van der Waals surface area contributed by atoms with Crippen molar-refractivity contribution in [3.63, 3.8) is 0 Å². The van der Waals surface area contributed by atoms with Crippen LogP contribution in [0.4, 0.5) is 4.79 Å². The van der Waals surface area contributed by atoms with Gasteiger partial charge in [0, 0.05) is 7.05 Å². The summed E-state index contributed by atoms with van der Waals surface area (Å²) in [6.45, 7) is 1.83. The number of benzene rings is 1. The highest BCUT2D eigenvalue weighted by molar-refractivity contribution is 8.13. The third-order valence-electron chi connectivity index (χ3n) is 2.60. The van der Waals surface area contributed by atoms with E-state index < -0.39 is 11.8 Å². The molecule has 6 heteroatoms. The summed E-state index contributed by atoms with van der Waals surface area (Å²) in [4.78, 5) is 35.8. The molecule has 1 aromatic carbocycles.